The maximum Gasteiger partial charge on any atom is 0.409 e. The Morgan fingerprint density at radius 1 is 1.19 bits per heavy atom. The molecule has 174 valence electrons. The molecule has 2 heterocycles. The topological polar surface area (TPSA) is 67.9 Å². The Kier molecular flexibility index (Phi) is 6.46. The number of alkyl halides is 3. The first kappa shape index (κ1) is 22.6. The van der Waals surface area contributed by atoms with Crippen LogP contribution in [0.2, 0.25) is 0 Å². The summed E-state index contributed by atoms with van der Waals surface area (Å²) in [4.78, 5) is 25.2. The van der Waals surface area contributed by atoms with Gasteiger partial charge >= 0.3 is 12.1 Å². The highest BCUT2D eigenvalue weighted by molar-refractivity contribution is 6.42. The van der Waals surface area contributed by atoms with Crippen LogP contribution in [-0.2, 0) is 20.7 Å². The molecule has 2 aliphatic heterocycles. The highest BCUT2D eigenvalue weighted by atomic mass is 19.4. The van der Waals surface area contributed by atoms with Crippen molar-refractivity contribution in [1.29, 1.82) is 0 Å². The minimum absolute atomic E-state index is 0.0974. The van der Waals surface area contributed by atoms with Crippen LogP contribution in [-0.4, -0.2) is 48.2 Å². The molecule has 9 heteroatoms. The number of nitrogens with one attached hydrogen (secondary N) is 1. The summed E-state index contributed by atoms with van der Waals surface area (Å²) in [6.45, 7) is 2.00. The van der Waals surface area contributed by atoms with E-state index in [0.717, 1.165) is 37.7 Å². The first-order chi connectivity index (χ1) is 15.3. The van der Waals surface area contributed by atoms with E-state index in [-0.39, 0.29) is 18.3 Å². The van der Waals surface area contributed by atoms with Crippen molar-refractivity contribution in [2.45, 2.75) is 70.1 Å². The third-order valence-corrected chi connectivity index (χ3v) is 6.21. The van der Waals surface area contributed by atoms with E-state index in [4.69, 9.17) is 9.47 Å². The van der Waals surface area contributed by atoms with Gasteiger partial charge in [-0.3, -0.25) is 4.79 Å². The molecular weight excluding hydrogens is 425 g/mol. The molecule has 0 saturated heterocycles. The average molecular weight is 452 g/mol. The van der Waals surface area contributed by atoms with Crippen LogP contribution in [0.3, 0.4) is 0 Å². The maximum atomic E-state index is 14.1. The number of carbonyl (C=O) groups excluding carboxylic acids is 2. The highest BCUT2D eigenvalue weighted by Crippen LogP contribution is 2.42. The molecule has 1 atom stereocenters. The highest BCUT2D eigenvalue weighted by Gasteiger charge is 2.53. The average Bonchev–Trinajstić information content (AvgIpc) is 3.20. The maximum absolute atomic E-state index is 14.1. The van der Waals surface area contributed by atoms with E-state index in [1.807, 2.05) is 0 Å². The number of hydrogen-bond donors (Lipinski definition) is 1. The van der Waals surface area contributed by atoms with E-state index in [9.17, 15) is 22.8 Å². The number of Topliss-reactive ketones (excluding diaryl/α,β-unsaturated/α-hetero) is 1. The van der Waals surface area contributed by atoms with E-state index >= 15 is 0 Å². The molecule has 0 spiro atoms. The van der Waals surface area contributed by atoms with Crippen molar-refractivity contribution < 1.29 is 32.2 Å². The lowest BCUT2D eigenvalue weighted by Gasteiger charge is -2.35. The first-order valence-corrected chi connectivity index (χ1v) is 11.1. The summed E-state index contributed by atoms with van der Waals surface area (Å²) in [6, 6.07) is 2.68. The molecule has 0 bridgehead atoms. The summed E-state index contributed by atoms with van der Waals surface area (Å²) in [6.07, 6.45) is 1.00. The molecule has 1 fully saturated rings. The number of nitrogens with zero attached hydrogens (tertiary/aromatic N) is 1. The fraction of sp³-hybridized carbons (Fsp3) is 0.565. The number of esters is 1. The molecule has 3 aliphatic rings. The second-order valence-corrected chi connectivity index (χ2v) is 8.35. The number of hydrazine groups is 1. The van der Waals surface area contributed by atoms with Crippen molar-refractivity contribution in [1.82, 2.24) is 10.4 Å². The van der Waals surface area contributed by atoms with E-state index in [2.05, 4.69) is 5.43 Å². The van der Waals surface area contributed by atoms with E-state index in [1.165, 1.54) is 11.9 Å². The third-order valence-electron chi connectivity index (χ3n) is 6.21. The molecule has 1 saturated carbocycles. The van der Waals surface area contributed by atoms with Crippen molar-refractivity contribution in [2.24, 2.45) is 0 Å². The molecule has 6 nitrogen and oxygen atoms in total. The number of rotatable bonds is 5. The van der Waals surface area contributed by atoms with Gasteiger partial charge in [0.25, 0.3) is 5.78 Å². The van der Waals surface area contributed by atoms with E-state index in [1.54, 1.807) is 18.2 Å². The van der Waals surface area contributed by atoms with Crippen LogP contribution < -0.4 is 10.2 Å². The van der Waals surface area contributed by atoms with Gasteiger partial charge in [-0.15, -0.1) is 0 Å². The Labute approximate surface area is 184 Å². The molecule has 0 aromatic heterocycles. The summed E-state index contributed by atoms with van der Waals surface area (Å²) in [5.74, 6) is -1.84. The molecule has 1 aromatic carbocycles. The van der Waals surface area contributed by atoms with Gasteiger partial charge in [0.2, 0.25) is 0 Å². The Hall–Kier alpha value is -2.55. The number of halogens is 3. The lowest BCUT2D eigenvalue weighted by molar-refractivity contribution is -0.160. The predicted molar refractivity (Wildman–Crippen MR) is 111 cm³/mol. The van der Waals surface area contributed by atoms with Crippen LogP contribution in [0.4, 0.5) is 13.2 Å². The van der Waals surface area contributed by atoms with Crippen LogP contribution in [0, 0.1) is 0 Å². The molecule has 0 radical (unpaired) electrons. The zero-order valence-corrected chi connectivity index (χ0v) is 18.0. The molecule has 4 rings (SSSR count). The van der Waals surface area contributed by atoms with Gasteiger partial charge in [-0.05, 0) is 56.4 Å². The number of ketones is 1. The Morgan fingerprint density at radius 3 is 2.62 bits per heavy atom. The number of ether oxygens (including phenoxy) is 2. The Bertz CT molecular complexity index is 922. The van der Waals surface area contributed by atoms with Gasteiger partial charge in [0.15, 0.2) is 6.04 Å². The second-order valence-electron chi connectivity index (χ2n) is 8.35. The SMILES string of the molecule is CCOC(=O)C(=O)C1=C(c2ccc3c(c2)CCCO3)N(C2CCCCC2)NC1C(F)(F)F. The van der Waals surface area contributed by atoms with E-state index < -0.39 is 29.5 Å². The number of benzene rings is 1. The van der Waals surface area contributed by atoms with Gasteiger partial charge in [-0.2, -0.15) is 13.2 Å². The lowest BCUT2D eigenvalue weighted by Crippen LogP contribution is -2.50. The second kappa shape index (κ2) is 9.13. The Morgan fingerprint density at radius 2 is 1.94 bits per heavy atom. The number of hydrogen-bond acceptors (Lipinski definition) is 6. The summed E-state index contributed by atoms with van der Waals surface area (Å²) in [5, 5.41) is 1.48. The van der Waals surface area contributed by atoms with Gasteiger partial charge < -0.3 is 14.5 Å². The molecule has 32 heavy (non-hydrogen) atoms. The summed E-state index contributed by atoms with van der Waals surface area (Å²) in [5.41, 5.74) is 3.39. The fourth-order valence-electron chi connectivity index (χ4n) is 4.75. The molecule has 1 N–H and O–H groups in total. The van der Waals surface area contributed by atoms with Crippen molar-refractivity contribution in [3.63, 3.8) is 0 Å². The summed E-state index contributed by atoms with van der Waals surface area (Å²) >= 11 is 0. The summed E-state index contributed by atoms with van der Waals surface area (Å²) < 4.78 is 52.6. The molecule has 1 aromatic rings. The predicted octanol–water partition coefficient (Wildman–Crippen LogP) is 3.94. The molecule has 1 unspecified atom stereocenters. The van der Waals surface area contributed by atoms with Crippen LogP contribution in [0.1, 0.15) is 56.6 Å². The van der Waals surface area contributed by atoms with Crippen molar-refractivity contribution in [3.8, 4) is 5.75 Å². The van der Waals surface area contributed by atoms with Gasteiger partial charge in [0.05, 0.1) is 24.5 Å². The molecular formula is C23H27F3N2O4. The number of carbonyl (C=O) groups is 2. The monoisotopic (exact) mass is 452 g/mol. The zero-order valence-electron chi connectivity index (χ0n) is 18.0. The largest absolute Gasteiger partial charge is 0.493 e. The Balaban J connectivity index is 1.87. The lowest BCUT2D eigenvalue weighted by atomic mass is 9.92. The minimum Gasteiger partial charge on any atom is -0.493 e. The number of fused-ring (bicyclic) bond motifs is 1. The standard InChI is InChI=1S/C23H27F3N2O4/c1-2-31-22(30)20(29)18-19(15-10-11-17-14(13-15)7-6-12-32-17)28(16-8-4-3-5-9-16)27-21(18)23(24,25)26/h10-11,13,16,21,27H,2-9,12H2,1H3. The molecule has 0 amide bonds. The first-order valence-electron chi connectivity index (χ1n) is 11.1. The van der Waals surface area contributed by atoms with Gasteiger partial charge in [-0.1, -0.05) is 19.3 Å². The van der Waals surface area contributed by atoms with Crippen LogP contribution >= 0.6 is 0 Å². The van der Waals surface area contributed by atoms with Gasteiger partial charge in [0.1, 0.15) is 5.75 Å². The third kappa shape index (κ3) is 4.35. The van der Waals surface area contributed by atoms with Crippen LogP contribution in [0.15, 0.2) is 23.8 Å². The van der Waals surface area contributed by atoms with Crippen LogP contribution in [0.25, 0.3) is 5.70 Å². The van der Waals surface area contributed by atoms with Crippen LogP contribution in [0.5, 0.6) is 5.75 Å². The smallest absolute Gasteiger partial charge is 0.409 e. The summed E-state index contributed by atoms with van der Waals surface area (Å²) in [7, 11) is 0. The molecule has 1 aliphatic carbocycles. The van der Waals surface area contributed by atoms with Gasteiger partial charge in [-0.25, -0.2) is 10.2 Å². The number of aryl methyl sites for hydroxylation is 1. The quantitative estimate of drug-likeness (QED) is 0.539. The normalized spacial score (nSPS) is 21.9. The van der Waals surface area contributed by atoms with Gasteiger partial charge in [0, 0.05) is 11.6 Å². The van der Waals surface area contributed by atoms with Crippen molar-refractivity contribution in [2.75, 3.05) is 13.2 Å². The minimum atomic E-state index is -4.76. The van der Waals surface area contributed by atoms with Crippen molar-refractivity contribution >= 4 is 17.4 Å². The fourth-order valence-corrected chi connectivity index (χ4v) is 4.75. The van der Waals surface area contributed by atoms with E-state index in [0.29, 0.717) is 30.8 Å². The van der Waals surface area contributed by atoms with Crippen molar-refractivity contribution in [3.05, 3.63) is 34.9 Å². The zero-order chi connectivity index (χ0) is 22.9.